The van der Waals surface area contributed by atoms with Crippen molar-refractivity contribution in [2.45, 2.75) is 0 Å². The quantitative estimate of drug-likeness (QED) is 0.549. The van der Waals surface area contributed by atoms with Gasteiger partial charge in [0.15, 0.2) is 5.75 Å². The number of phenolic OH excluding ortho intramolecular Hbond substituents is 1. The smallest absolute Gasteiger partial charge is 0.342 e. The van der Waals surface area contributed by atoms with Crippen LogP contribution >= 0.6 is 0 Å². The third-order valence-corrected chi connectivity index (χ3v) is 2.61. The first-order valence-electron chi connectivity index (χ1n) is 5.13. The van der Waals surface area contributed by atoms with Crippen LogP contribution in [0.25, 0.3) is 10.9 Å². The number of carbonyl (C=O) groups excluding carboxylic acids is 1. The summed E-state index contributed by atoms with van der Waals surface area (Å²) in [6.45, 7) is 0. The van der Waals surface area contributed by atoms with Crippen molar-refractivity contribution in [1.82, 2.24) is 4.98 Å². The molecule has 0 aliphatic carbocycles. The van der Waals surface area contributed by atoms with Crippen LogP contribution in [0.5, 0.6) is 11.5 Å². The van der Waals surface area contributed by atoms with Crippen molar-refractivity contribution in [3.63, 3.8) is 0 Å². The lowest BCUT2D eigenvalue weighted by atomic mass is 10.0. The fourth-order valence-electron chi connectivity index (χ4n) is 1.78. The second-order valence-corrected chi connectivity index (χ2v) is 3.64. The zero-order valence-electron chi connectivity index (χ0n) is 9.75. The number of hydrogen-bond donors (Lipinski definition) is 3. The summed E-state index contributed by atoms with van der Waals surface area (Å²) < 4.78 is 4.42. The fourth-order valence-corrected chi connectivity index (χ4v) is 1.78. The Morgan fingerprint density at radius 2 is 1.89 bits per heavy atom. The number of aromatic carboxylic acids is 1. The molecule has 1 heterocycles. The number of esters is 1. The first-order valence-corrected chi connectivity index (χ1v) is 5.13. The SMILES string of the molecule is COC(=O)c1c(C(=O)O)c(O)c2ncccc2c1O. The van der Waals surface area contributed by atoms with Gasteiger partial charge in [0, 0.05) is 11.6 Å². The molecule has 1 aromatic carbocycles. The molecule has 2 rings (SSSR count). The normalized spacial score (nSPS) is 10.4. The van der Waals surface area contributed by atoms with Crippen LogP contribution in [-0.4, -0.2) is 39.4 Å². The minimum absolute atomic E-state index is 0.0606. The van der Waals surface area contributed by atoms with E-state index >= 15 is 0 Å². The van der Waals surface area contributed by atoms with Crippen LogP contribution < -0.4 is 0 Å². The molecule has 3 N–H and O–H groups in total. The lowest BCUT2D eigenvalue weighted by Crippen LogP contribution is -2.11. The van der Waals surface area contributed by atoms with E-state index in [1.165, 1.54) is 18.3 Å². The summed E-state index contributed by atoms with van der Waals surface area (Å²) in [4.78, 5) is 26.5. The van der Waals surface area contributed by atoms with E-state index in [0.717, 1.165) is 7.11 Å². The third kappa shape index (κ3) is 1.81. The maximum Gasteiger partial charge on any atom is 0.342 e. The highest BCUT2D eigenvalue weighted by molar-refractivity contribution is 6.12. The van der Waals surface area contributed by atoms with Crippen LogP contribution in [0.2, 0.25) is 0 Å². The van der Waals surface area contributed by atoms with E-state index in [1.54, 1.807) is 0 Å². The van der Waals surface area contributed by atoms with Crippen molar-refractivity contribution in [1.29, 1.82) is 0 Å². The highest BCUT2D eigenvalue weighted by Crippen LogP contribution is 2.38. The van der Waals surface area contributed by atoms with Crippen molar-refractivity contribution in [2.24, 2.45) is 0 Å². The van der Waals surface area contributed by atoms with Crippen LogP contribution in [0.15, 0.2) is 18.3 Å². The van der Waals surface area contributed by atoms with Gasteiger partial charge in [-0.15, -0.1) is 0 Å². The average molecular weight is 263 g/mol. The molecule has 98 valence electrons. The Kier molecular flexibility index (Phi) is 2.95. The number of nitrogens with zero attached hydrogens (tertiary/aromatic N) is 1. The van der Waals surface area contributed by atoms with Gasteiger partial charge in [-0.2, -0.15) is 0 Å². The molecule has 19 heavy (non-hydrogen) atoms. The number of rotatable bonds is 2. The Morgan fingerprint density at radius 1 is 1.21 bits per heavy atom. The molecular formula is C12H9NO6. The van der Waals surface area contributed by atoms with Gasteiger partial charge in [0.2, 0.25) is 0 Å². The third-order valence-electron chi connectivity index (χ3n) is 2.61. The molecule has 1 aromatic heterocycles. The van der Waals surface area contributed by atoms with E-state index < -0.39 is 34.6 Å². The predicted octanol–water partition coefficient (Wildman–Crippen LogP) is 1.13. The van der Waals surface area contributed by atoms with E-state index in [1.807, 2.05) is 0 Å². The minimum atomic E-state index is -1.57. The largest absolute Gasteiger partial charge is 0.506 e. The summed E-state index contributed by atoms with van der Waals surface area (Å²) >= 11 is 0. The van der Waals surface area contributed by atoms with Gasteiger partial charge in [0.05, 0.1) is 7.11 Å². The van der Waals surface area contributed by atoms with Crippen molar-refractivity contribution >= 4 is 22.8 Å². The Labute approximate surface area is 106 Å². The standard InChI is InChI=1S/C12H9NO6/c1-19-12(18)7-6(11(16)17)10(15)8-5(9(7)14)3-2-4-13-8/h2-4,14-15H,1H3,(H,16,17). The molecule has 0 spiro atoms. The summed E-state index contributed by atoms with van der Waals surface area (Å²) in [5, 5.41) is 29.0. The first-order chi connectivity index (χ1) is 8.99. The topological polar surface area (TPSA) is 117 Å². The second kappa shape index (κ2) is 4.45. The Hall–Kier alpha value is -2.83. The zero-order chi connectivity index (χ0) is 14.2. The van der Waals surface area contributed by atoms with Gasteiger partial charge in [0.1, 0.15) is 22.4 Å². The van der Waals surface area contributed by atoms with Crippen LogP contribution in [0.3, 0.4) is 0 Å². The van der Waals surface area contributed by atoms with Crippen LogP contribution in [-0.2, 0) is 4.74 Å². The lowest BCUT2D eigenvalue weighted by Gasteiger charge is -2.11. The summed E-state index contributed by atoms with van der Waals surface area (Å²) in [5.74, 6) is -3.91. The number of benzene rings is 1. The van der Waals surface area contributed by atoms with Crippen molar-refractivity contribution in [3.05, 3.63) is 29.5 Å². The van der Waals surface area contributed by atoms with Gasteiger partial charge >= 0.3 is 11.9 Å². The number of hydrogen-bond acceptors (Lipinski definition) is 6. The molecule has 7 heteroatoms. The van der Waals surface area contributed by atoms with Gasteiger partial charge < -0.3 is 20.1 Å². The molecule has 0 amide bonds. The molecule has 0 saturated heterocycles. The number of pyridine rings is 1. The molecule has 0 fully saturated rings. The molecule has 0 bridgehead atoms. The molecule has 0 atom stereocenters. The number of carboxylic acids is 1. The molecule has 2 aromatic rings. The van der Waals surface area contributed by atoms with Gasteiger partial charge in [-0.05, 0) is 12.1 Å². The Balaban J connectivity index is 3.00. The Morgan fingerprint density at radius 3 is 2.47 bits per heavy atom. The monoisotopic (exact) mass is 263 g/mol. The number of phenols is 2. The molecule has 7 nitrogen and oxygen atoms in total. The number of aromatic nitrogens is 1. The van der Waals surface area contributed by atoms with Crippen molar-refractivity contribution in [3.8, 4) is 11.5 Å². The van der Waals surface area contributed by atoms with Crippen LogP contribution in [0, 0.1) is 0 Å². The maximum absolute atomic E-state index is 11.6. The van der Waals surface area contributed by atoms with E-state index in [2.05, 4.69) is 9.72 Å². The van der Waals surface area contributed by atoms with E-state index in [0.29, 0.717) is 0 Å². The van der Waals surface area contributed by atoms with Gasteiger partial charge in [0.25, 0.3) is 0 Å². The molecule has 0 saturated carbocycles. The van der Waals surface area contributed by atoms with Gasteiger partial charge in [-0.3, -0.25) is 4.98 Å². The first kappa shape index (κ1) is 12.6. The summed E-state index contributed by atoms with van der Waals surface area (Å²) in [6.07, 6.45) is 1.32. The number of ether oxygens (including phenoxy) is 1. The van der Waals surface area contributed by atoms with E-state index in [4.69, 9.17) is 5.11 Å². The molecule has 0 radical (unpaired) electrons. The van der Waals surface area contributed by atoms with Crippen molar-refractivity contribution in [2.75, 3.05) is 7.11 Å². The van der Waals surface area contributed by atoms with Crippen LogP contribution in [0.1, 0.15) is 20.7 Å². The highest BCUT2D eigenvalue weighted by atomic mass is 16.5. The number of methoxy groups -OCH3 is 1. The zero-order valence-corrected chi connectivity index (χ0v) is 9.75. The predicted molar refractivity (Wildman–Crippen MR) is 63.4 cm³/mol. The van der Waals surface area contributed by atoms with Crippen LogP contribution in [0.4, 0.5) is 0 Å². The fraction of sp³-hybridized carbons (Fsp3) is 0.0833. The summed E-state index contributed by atoms with van der Waals surface area (Å²) in [7, 11) is 1.04. The molecule has 0 aliphatic heterocycles. The molecule has 0 unspecified atom stereocenters. The van der Waals surface area contributed by atoms with Gasteiger partial charge in [-0.1, -0.05) is 0 Å². The number of fused-ring (bicyclic) bond motifs is 1. The number of aromatic hydroxyl groups is 2. The molecular weight excluding hydrogens is 254 g/mol. The maximum atomic E-state index is 11.6. The number of carbonyl (C=O) groups is 2. The van der Waals surface area contributed by atoms with Gasteiger partial charge in [-0.25, -0.2) is 9.59 Å². The van der Waals surface area contributed by atoms with E-state index in [9.17, 15) is 19.8 Å². The number of carboxylic acid groups (broad SMARTS) is 1. The lowest BCUT2D eigenvalue weighted by molar-refractivity contribution is 0.0578. The summed E-state index contributed by atoms with van der Waals surface area (Å²) in [6, 6.07) is 2.87. The second-order valence-electron chi connectivity index (χ2n) is 3.64. The van der Waals surface area contributed by atoms with Crippen molar-refractivity contribution < 1.29 is 29.6 Å². The average Bonchev–Trinajstić information content (AvgIpc) is 2.41. The minimum Gasteiger partial charge on any atom is -0.506 e. The van der Waals surface area contributed by atoms with E-state index in [-0.39, 0.29) is 10.9 Å². The molecule has 0 aliphatic rings. The summed E-state index contributed by atoms with van der Waals surface area (Å²) in [5.41, 5.74) is -1.45. The Bertz CT molecular complexity index is 694. The highest BCUT2D eigenvalue weighted by Gasteiger charge is 2.29.